The molecule has 1 aromatic carbocycles. The lowest BCUT2D eigenvalue weighted by Gasteiger charge is -2.15. The molecular weight excluding hydrogens is 241 g/mol. The molecule has 1 rings (SSSR count). The second-order valence-electron chi connectivity index (χ2n) is 4.18. The molecule has 1 aromatic rings. The molecule has 98 valence electrons. The van der Waals surface area contributed by atoms with E-state index in [4.69, 9.17) is 5.73 Å². The number of nitro groups is 1. The lowest BCUT2D eigenvalue weighted by molar-refractivity contribution is -0.385. The molecule has 7 heteroatoms. The molecule has 1 amide bonds. The first-order chi connectivity index (χ1) is 8.32. The maximum atomic E-state index is 13.5. The summed E-state index contributed by atoms with van der Waals surface area (Å²) in [7, 11) is 0. The normalized spacial score (nSPS) is 12.3. The molecule has 1 atom stereocenters. The van der Waals surface area contributed by atoms with Crippen LogP contribution in [0.2, 0.25) is 0 Å². The minimum Gasteiger partial charge on any atom is -0.322 e. The van der Waals surface area contributed by atoms with E-state index >= 15 is 0 Å². The Morgan fingerprint density at radius 1 is 1.50 bits per heavy atom. The van der Waals surface area contributed by atoms with Crippen LogP contribution in [0.15, 0.2) is 18.2 Å². The van der Waals surface area contributed by atoms with Crippen molar-refractivity contribution in [3.63, 3.8) is 0 Å². The molecule has 0 saturated heterocycles. The van der Waals surface area contributed by atoms with Crippen molar-refractivity contribution >= 4 is 17.3 Å². The van der Waals surface area contributed by atoms with Crippen LogP contribution in [0.5, 0.6) is 0 Å². The Kier molecular flexibility index (Phi) is 4.33. The van der Waals surface area contributed by atoms with Gasteiger partial charge in [0.2, 0.25) is 5.91 Å². The zero-order valence-corrected chi connectivity index (χ0v) is 10.0. The first-order valence-corrected chi connectivity index (χ1v) is 5.33. The van der Waals surface area contributed by atoms with Crippen molar-refractivity contribution < 1.29 is 14.1 Å². The van der Waals surface area contributed by atoms with Gasteiger partial charge < -0.3 is 11.1 Å². The molecule has 6 nitrogen and oxygen atoms in total. The van der Waals surface area contributed by atoms with Crippen LogP contribution in [-0.2, 0) is 4.79 Å². The van der Waals surface area contributed by atoms with Crippen LogP contribution in [0.1, 0.15) is 13.8 Å². The smallest absolute Gasteiger partial charge is 0.272 e. The number of nitrogens with zero attached hydrogens (tertiary/aromatic N) is 1. The maximum absolute atomic E-state index is 13.5. The second-order valence-corrected chi connectivity index (χ2v) is 4.18. The topological polar surface area (TPSA) is 98.3 Å². The molecule has 0 spiro atoms. The monoisotopic (exact) mass is 255 g/mol. The highest BCUT2D eigenvalue weighted by Gasteiger charge is 2.19. The zero-order valence-electron chi connectivity index (χ0n) is 10.0. The molecule has 0 fully saturated rings. The summed E-state index contributed by atoms with van der Waals surface area (Å²) in [6.07, 6.45) is 0. The van der Waals surface area contributed by atoms with Crippen molar-refractivity contribution in [2.24, 2.45) is 11.7 Å². The Bertz CT molecular complexity index is 477. The number of amides is 1. The molecule has 0 aliphatic carbocycles. The standard InChI is InChI=1S/C11H14FN3O3/c1-6(2)10(13)11(16)14-9-4-3-7(15(17)18)5-8(9)12/h3-6,10H,13H2,1-2H3,(H,14,16)/t10-/m1/s1. The molecule has 18 heavy (non-hydrogen) atoms. The van der Waals surface area contributed by atoms with Gasteiger partial charge in [0.1, 0.15) is 0 Å². The fourth-order valence-corrected chi connectivity index (χ4v) is 1.24. The van der Waals surface area contributed by atoms with E-state index in [0.29, 0.717) is 0 Å². The first-order valence-electron chi connectivity index (χ1n) is 5.33. The first kappa shape index (κ1) is 14.0. The predicted molar refractivity (Wildman–Crippen MR) is 64.5 cm³/mol. The average molecular weight is 255 g/mol. The number of halogens is 1. The second kappa shape index (κ2) is 5.54. The Hall–Kier alpha value is -2.02. The number of benzene rings is 1. The van der Waals surface area contributed by atoms with Gasteiger partial charge in [0.15, 0.2) is 5.82 Å². The van der Waals surface area contributed by atoms with Gasteiger partial charge in [-0.25, -0.2) is 4.39 Å². The highest BCUT2D eigenvalue weighted by molar-refractivity contribution is 5.95. The van der Waals surface area contributed by atoms with Gasteiger partial charge >= 0.3 is 0 Å². The van der Waals surface area contributed by atoms with E-state index in [1.54, 1.807) is 13.8 Å². The van der Waals surface area contributed by atoms with Crippen molar-refractivity contribution in [2.75, 3.05) is 5.32 Å². The molecule has 0 saturated carbocycles. The van der Waals surface area contributed by atoms with Crippen LogP contribution < -0.4 is 11.1 Å². The van der Waals surface area contributed by atoms with E-state index in [2.05, 4.69) is 5.32 Å². The summed E-state index contributed by atoms with van der Waals surface area (Å²) in [5, 5.41) is 12.7. The quantitative estimate of drug-likeness (QED) is 0.631. The molecule has 3 N–H and O–H groups in total. The maximum Gasteiger partial charge on any atom is 0.272 e. The third kappa shape index (κ3) is 3.24. The van der Waals surface area contributed by atoms with Gasteiger partial charge in [-0.05, 0) is 12.0 Å². The summed E-state index contributed by atoms with van der Waals surface area (Å²) >= 11 is 0. The Balaban J connectivity index is 2.86. The molecular formula is C11H14FN3O3. The number of carbonyl (C=O) groups is 1. The number of hydrogen-bond acceptors (Lipinski definition) is 4. The molecule has 0 aromatic heterocycles. The fourth-order valence-electron chi connectivity index (χ4n) is 1.24. The predicted octanol–water partition coefficient (Wildman–Crippen LogP) is 1.66. The van der Waals surface area contributed by atoms with Crippen LogP contribution >= 0.6 is 0 Å². The summed E-state index contributed by atoms with van der Waals surface area (Å²) < 4.78 is 13.5. The molecule has 0 aliphatic rings. The van der Waals surface area contributed by atoms with Crippen molar-refractivity contribution in [2.45, 2.75) is 19.9 Å². The number of anilines is 1. The number of hydrogen-bond donors (Lipinski definition) is 2. The summed E-state index contributed by atoms with van der Waals surface area (Å²) in [5.74, 6) is -1.49. The number of nitro benzene ring substituents is 1. The van der Waals surface area contributed by atoms with Gasteiger partial charge in [-0.3, -0.25) is 14.9 Å². The van der Waals surface area contributed by atoms with E-state index in [0.717, 1.165) is 18.2 Å². The third-order valence-electron chi connectivity index (χ3n) is 2.44. The summed E-state index contributed by atoms with van der Waals surface area (Å²) in [6.45, 7) is 3.52. The van der Waals surface area contributed by atoms with Crippen molar-refractivity contribution in [1.82, 2.24) is 0 Å². The van der Waals surface area contributed by atoms with Crippen molar-refractivity contribution in [1.29, 1.82) is 0 Å². The third-order valence-corrected chi connectivity index (χ3v) is 2.44. The zero-order chi connectivity index (χ0) is 13.9. The van der Waals surface area contributed by atoms with Crippen LogP contribution in [0.4, 0.5) is 15.8 Å². The largest absolute Gasteiger partial charge is 0.322 e. The lowest BCUT2D eigenvalue weighted by Crippen LogP contribution is -2.39. The van der Waals surface area contributed by atoms with E-state index in [1.165, 1.54) is 0 Å². The molecule has 0 heterocycles. The van der Waals surface area contributed by atoms with Crippen molar-refractivity contribution in [3.8, 4) is 0 Å². The number of nitrogens with two attached hydrogens (primary N) is 1. The van der Waals surface area contributed by atoms with Gasteiger partial charge in [0.25, 0.3) is 5.69 Å². The van der Waals surface area contributed by atoms with Crippen LogP contribution in [0.3, 0.4) is 0 Å². The highest BCUT2D eigenvalue weighted by atomic mass is 19.1. The molecule has 0 aliphatic heterocycles. The van der Waals surface area contributed by atoms with Gasteiger partial charge in [-0.1, -0.05) is 13.8 Å². The SMILES string of the molecule is CC(C)[C@@H](N)C(=O)Nc1ccc([N+](=O)[O-])cc1F. The summed E-state index contributed by atoms with van der Waals surface area (Å²) in [6, 6.07) is 2.23. The highest BCUT2D eigenvalue weighted by Crippen LogP contribution is 2.20. The van der Waals surface area contributed by atoms with Gasteiger partial charge in [-0.15, -0.1) is 0 Å². The molecule has 0 radical (unpaired) electrons. The molecule has 0 unspecified atom stereocenters. The number of carbonyl (C=O) groups excluding carboxylic acids is 1. The summed E-state index contributed by atoms with van der Waals surface area (Å²) in [5.41, 5.74) is 5.09. The Morgan fingerprint density at radius 3 is 2.56 bits per heavy atom. The van der Waals surface area contributed by atoms with Crippen molar-refractivity contribution in [3.05, 3.63) is 34.1 Å². The number of rotatable bonds is 4. The summed E-state index contributed by atoms with van der Waals surface area (Å²) in [4.78, 5) is 21.3. The lowest BCUT2D eigenvalue weighted by atomic mass is 10.0. The van der Waals surface area contributed by atoms with Gasteiger partial charge in [0, 0.05) is 6.07 Å². The van der Waals surface area contributed by atoms with E-state index in [9.17, 15) is 19.3 Å². The average Bonchev–Trinajstić information content (AvgIpc) is 2.30. The minimum absolute atomic E-state index is 0.0916. The van der Waals surface area contributed by atoms with Crippen LogP contribution in [0.25, 0.3) is 0 Å². The van der Waals surface area contributed by atoms with Gasteiger partial charge in [0.05, 0.1) is 22.7 Å². The van der Waals surface area contributed by atoms with Crippen LogP contribution in [-0.4, -0.2) is 16.9 Å². The minimum atomic E-state index is -0.867. The van der Waals surface area contributed by atoms with Gasteiger partial charge in [-0.2, -0.15) is 0 Å². The van der Waals surface area contributed by atoms with E-state index in [1.807, 2.05) is 0 Å². The number of non-ortho nitro benzene ring substituents is 1. The van der Waals surface area contributed by atoms with Crippen LogP contribution in [0, 0.1) is 21.8 Å². The molecule has 0 bridgehead atoms. The number of nitrogens with one attached hydrogen (secondary N) is 1. The van der Waals surface area contributed by atoms with E-state index < -0.39 is 22.7 Å². The Labute approximate surface area is 103 Å². The fraction of sp³-hybridized carbons (Fsp3) is 0.364. The Morgan fingerprint density at radius 2 is 2.11 bits per heavy atom. The van der Waals surface area contributed by atoms with E-state index in [-0.39, 0.29) is 17.3 Å².